The first kappa shape index (κ1) is 14.5. The van der Waals surface area contributed by atoms with Crippen molar-refractivity contribution in [3.63, 3.8) is 0 Å². The molecular weight excluding hydrogens is 272 g/mol. The van der Waals surface area contributed by atoms with Crippen LogP contribution in [0.25, 0.3) is 0 Å². The highest BCUT2D eigenvalue weighted by molar-refractivity contribution is 5.69. The standard InChI is InChI=1S/C16H20O5/c1-9(15(18)19)7-11-8-12-14(13(11)17)21-16(20-12)10-5-3-2-4-6-10/h2-6,9,11-14,16-17H,7-8H2,1H3,(H,18,19). The number of aliphatic carboxylic acids is 1. The van der Waals surface area contributed by atoms with Crippen LogP contribution in [-0.4, -0.2) is 34.5 Å². The summed E-state index contributed by atoms with van der Waals surface area (Å²) in [6, 6.07) is 9.63. The molecule has 1 aliphatic carbocycles. The van der Waals surface area contributed by atoms with Gasteiger partial charge in [0, 0.05) is 5.56 Å². The Balaban J connectivity index is 1.63. The van der Waals surface area contributed by atoms with Crippen LogP contribution in [0.15, 0.2) is 30.3 Å². The number of benzene rings is 1. The van der Waals surface area contributed by atoms with Crippen molar-refractivity contribution in [2.24, 2.45) is 11.8 Å². The number of carboxylic acid groups (broad SMARTS) is 1. The Kier molecular flexibility index (Phi) is 3.97. The summed E-state index contributed by atoms with van der Waals surface area (Å²) in [5.41, 5.74) is 0.939. The molecule has 1 aromatic carbocycles. The van der Waals surface area contributed by atoms with Crippen LogP contribution < -0.4 is 0 Å². The zero-order valence-electron chi connectivity index (χ0n) is 11.9. The molecule has 0 spiro atoms. The van der Waals surface area contributed by atoms with Gasteiger partial charge in [0.1, 0.15) is 6.10 Å². The molecule has 1 aliphatic heterocycles. The number of aliphatic hydroxyl groups is 1. The first-order valence-electron chi connectivity index (χ1n) is 7.33. The number of carbonyl (C=O) groups is 1. The molecule has 1 saturated heterocycles. The molecule has 21 heavy (non-hydrogen) atoms. The molecule has 2 aliphatic rings. The van der Waals surface area contributed by atoms with Crippen LogP contribution >= 0.6 is 0 Å². The van der Waals surface area contributed by atoms with Crippen LogP contribution in [0.3, 0.4) is 0 Å². The van der Waals surface area contributed by atoms with E-state index in [-0.39, 0.29) is 18.1 Å². The molecule has 6 atom stereocenters. The molecule has 1 saturated carbocycles. The van der Waals surface area contributed by atoms with Crippen LogP contribution in [-0.2, 0) is 14.3 Å². The number of aliphatic hydroxyl groups excluding tert-OH is 1. The normalized spacial score (nSPS) is 36.4. The molecule has 6 unspecified atom stereocenters. The van der Waals surface area contributed by atoms with Gasteiger partial charge in [-0.2, -0.15) is 0 Å². The van der Waals surface area contributed by atoms with Gasteiger partial charge in [-0.3, -0.25) is 4.79 Å². The third-order valence-corrected chi connectivity index (χ3v) is 4.45. The summed E-state index contributed by atoms with van der Waals surface area (Å²) in [5, 5.41) is 19.3. The van der Waals surface area contributed by atoms with E-state index in [0.29, 0.717) is 12.8 Å². The van der Waals surface area contributed by atoms with Gasteiger partial charge in [0.2, 0.25) is 0 Å². The smallest absolute Gasteiger partial charge is 0.306 e. The van der Waals surface area contributed by atoms with Crippen molar-refractivity contribution in [2.75, 3.05) is 0 Å². The fraction of sp³-hybridized carbons (Fsp3) is 0.562. The summed E-state index contributed by atoms with van der Waals surface area (Å²) in [5.74, 6) is -1.38. The fourth-order valence-corrected chi connectivity index (χ4v) is 3.25. The van der Waals surface area contributed by atoms with Gasteiger partial charge < -0.3 is 19.7 Å². The number of carboxylic acids is 1. The molecule has 114 valence electrons. The molecule has 2 N–H and O–H groups in total. The molecule has 0 amide bonds. The molecule has 0 radical (unpaired) electrons. The first-order chi connectivity index (χ1) is 10.1. The van der Waals surface area contributed by atoms with E-state index < -0.39 is 24.3 Å². The minimum absolute atomic E-state index is 0.0807. The lowest BCUT2D eigenvalue weighted by molar-refractivity contribution is -0.142. The van der Waals surface area contributed by atoms with E-state index in [4.69, 9.17) is 14.6 Å². The minimum Gasteiger partial charge on any atom is -0.481 e. The maximum Gasteiger partial charge on any atom is 0.306 e. The SMILES string of the molecule is CC(CC1CC2OC(c3ccccc3)OC2C1O)C(=O)O. The number of ether oxygens (including phenoxy) is 2. The van der Waals surface area contributed by atoms with E-state index in [2.05, 4.69) is 0 Å². The van der Waals surface area contributed by atoms with E-state index in [9.17, 15) is 9.90 Å². The van der Waals surface area contributed by atoms with Gasteiger partial charge in [-0.25, -0.2) is 0 Å². The Morgan fingerprint density at radius 3 is 2.67 bits per heavy atom. The van der Waals surface area contributed by atoms with E-state index in [1.165, 1.54) is 0 Å². The number of fused-ring (bicyclic) bond motifs is 1. The van der Waals surface area contributed by atoms with Gasteiger partial charge >= 0.3 is 5.97 Å². The Bertz CT molecular complexity index is 503. The second-order valence-electron chi connectivity index (χ2n) is 5.98. The largest absolute Gasteiger partial charge is 0.481 e. The van der Waals surface area contributed by atoms with Crippen molar-refractivity contribution in [3.05, 3.63) is 35.9 Å². The average Bonchev–Trinajstić information content (AvgIpc) is 3.01. The van der Waals surface area contributed by atoms with Gasteiger partial charge in [-0.15, -0.1) is 0 Å². The van der Waals surface area contributed by atoms with Gasteiger partial charge in [0.15, 0.2) is 6.29 Å². The molecule has 5 heteroatoms. The topological polar surface area (TPSA) is 76.0 Å². The van der Waals surface area contributed by atoms with Crippen molar-refractivity contribution in [3.8, 4) is 0 Å². The van der Waals surface area contributed by atoms with E-state index in [1.54, 1.807) is 6.92 Å². The summed E-state index contributed by atoms with van der Waals surface area (Å²) in [6.07, 6.45) is -0.518. The zero-order valence-corrected chi connectivity index (χ0v) is 11.9. The fourth-order valence-electron chi connectivity index (χ4n) is 3.25. The predicted octanol–water partition coefficient (Wildman–Crippen LogP) is 1.96. The van der Waals surface area contributed by atoms with Crippen LogP contribution in [0, 0.1) is 11.8 Å². The molecule has 1 heterocycles. The molecule has 2 fully saturated rings. The van der Waals surface area contributed by atoms with Crippen LogP contribution in [0.1, 0.15) is 31.6 Å². The number of hydrogen-bond donors (Lipinski definition) is 2. The minimum atomic E-state index is -0.830. The van der Waals surface area contributed by atoms with Crippen LogP contribution in [0.5, 0.6) is 0 Å². The lowest BCUT2D eigenvalue weighted by Gasteiger charge is -2.21. The van der Waals surface area contributed by atoms with Crippen molar-refractivity contribution in [2.45, 2.75) is 44.4 Å². The highest BCUT2D eigenvalue weighted by atomic mass is 16.7. The van der Waals surface area contributed by atoms with Crippen LogP contribution in [0.4, 0.5) is 0 Å². The van der Waals surface area contributed by atoms with E-state index >= 15 is 0 Å². The summed E-state index contributed by atoms with van der Waals surface area (Å²) < 4.78 is 11.7. The second-order valence-corrected chi connectivity index (χ2v) is 5.98. The van der Waals surface area contributed by atoms with Gasteiger partial charge in [-0.05, 0) is 18.8 Å². The molecule has 5 nitrogen and oxygen atoms in total. The molecular formula is C16H20O5. The molecule has 3 rings (SSSR count). The summed E-state index contributed by atoms with van der Waals surface area (Å²) in [7, 11) is 0. The summed E-state index contributed by atoms with van der Waals surface area (Å²) >= 11 is 0. The Labute approximate surface area is 123 Å². The number of hydrogen-bond acceptors (Lipinski definition) is 4. The average molecular weight is 292 g/mol. The maximum absolute atomic E-state index is 10.9. The van der Waals surface area contributed by atoms with Gasteiger partial charge in [-0.1, -0.05) is 37.3 Å². The summed E-state index contributed by atoms with van der Waals surface area (Å²) in [4.78, 5) is 10.9. The van der Waals surface area contributed by atoms with Crippen LogP contribution in [0.2, 0.25) is 0 Å². The molecule has 1 aromatic rings. The lowest BCUT2D eigenvalue weighted by Crippen LogP contribution is -2.30. The maximum atomic E-state index is 10.9. The lowest BCUT2D eigenvalue weighted by atomic mass is 9.93. The Morgan fingerprint density at radius 2 is 2.05 bits per heavy atom. The van der Waals surface area contributed by atoms with E-state index in [0.717, 1.165) is 5.56 Å². The zero-order chi connectivity index (χ0) is 15.0. The quantitative estimate of drug-likeness (QED) is 0.887. The highest BCUT2D eigenvalue weighted by Crippen LogP contribution is 2.44. The Hall–Kier alpha value is -1.43. The Morgan fingerprint density at radius 1 is 1.33 bits per heavy atom. The summed E-state index contributed by atoms with van der Waals surface area (Å²) in [6.45, 7) is 1.66. The van der Waals surface area contributed by atoms with Crippen molar-refractivity contribution in [1.29, 1.82) is 0 Å². The van der Waals surface area contributed by atoms with Gasteiger partial charge in [0.05, 0.1) is 18.1 Å². The monoisotopic (exact) mass is 292 g/mol. The van der Waals surface area contributed by atoms with Crippen molar-refractivity contribution >= 4 is 5.97 Å². The van der Waals surface area contributed by atoms with Gasteiger partial charge in [0.25, 0.3) is 0 Å². The third-order valence-electron chi connectivity index (χ3n) is 4.45. The second kappa shape index (κ2) is 5.75. The number of rotatable bonds is 4. The molecule has 0 bridgehead atoms. The first-order valence-corrected chi connectivity index (χ1v) is 7.33. The third kappa shape index (κ3) is 2.81. The van der Waals surface area contributed by atoms with E-state index in [1.807, 2.05) is 30.3 Å². The highest BCUT2D eigenvalue weighted by Gasteiger charge is 2.50. The van der Waals surface area contributed by atoms with Crippen molar-refractivity contribution in [1.82, 2.24) is 0 Å². The predicted molar refractivity (Wildman–Crippen MR) is 74.5 cm³/mol. The molecule has 0 aromatic heterocycles. The van der Waals surface area contributed by atoms with Crippen molar-refractivity contribution < 1.29 is 24.5 Å².